The maximum atomic E-state index is 5.47. The molecule has 2 heteroatoms. The molecule has 0 fully saturated rings. The molecule has 0 aliphatic carbocycles. The summed E-state index contributed by atoms with van der Waals surface area (Å²) < 4.78 is 5.47. The highest BCUT2D eigenvalue weighted by Gasteiger charge is 2.13. The van der Waals surface area contributed by atoms with E-state index >= 15 is 0 Å². The molecule has 1 atom stereocenters. The average molecular weight is 191 g/mol. The lowest BCUT2D eigenvalue weighted by molar-refractivity contribution is 0.356. The van der Waals surface area contributed by atoms with Crippen molar-refractivity contribution >= 4 is 0 Å². The van der Waals surface area contributed by atoms with Crippen LogP contribution in [-0.4, -0.2) is 13.2 Å². The fourth-order valence-electron chi connectivity index (χ4n) is 1.90. The van der Waals surface area contributed by atoms with Crippen molar-refractivity contribution in [3.05, 3.63) is 29.3 Å². The predicted octanol–water partition coefficient (Wildman–Crippen LogP) is 2.29. The lowest BCUT2D eigenvalue weighted by atomic mass is 10.0. The molecule has 0 spiro atoms. The van der Waals surface area contributed by atoms with Gasteiger partial charge in [-0.1, -0.05) is 19.1 Å². The van der Waals surface area contributed by atoms with E-state index in [1.807, 2.05) is 0 Å². The van der Waals surface area contributed by atoms with Gasteiger partial charge in [-0.3, -0.25) is 0 Å². The molecule has 0 saturated heterocycles. The Bertz CT molecular complexity index is 322. The van der Waals surface area contributed by atoms with Gasteiger partial charge in [-0.15, -0.1) is 0 Å². The highest BCUT2D eigenvalue weighted by molar-refractivity contribution is 5.40. The average Bonchev–Trinajstić information content (AvgIpc) is 2.64. The summed E-state index contributed by atoms with van der Waals surface area (Å²) in [7, 11) is 0. The van der Waals surface area contributed by atoms with Gasteiger partial charge in [0.25, 0.3) is 0 Å². The highest BCUT2D eigenvalue weighted by atomic mass is 16.5. The first-order valence-electron chi connectivity index (χ1n) is 5.30. The van der Waals surface area contributed by atoms with Crippen LogP contribution >= 0.6 is 0 Å². The van der Waals surface area contributed by atoms with Gasteiger partial charge in [-0.2, -0.15) is 0 Å². The van der Waals surface area contributed by atoms with Crippen LogP contribution in [0.1, 0.15) is 31.0 Å². The minimum absolute atomic E-state index is 0.436. The molecule has 2 rings (SSSR count). The molecule has 14 heavy (non-hydrogen) atoms. The van der Waals surface area contributed by atoms with Crippen LogP contribution in [0.3, 0.4) is 0 Å². The molecule has 0 amide bonds. The van der Waals surface area contributed by atoms with Crippen LogP contribution in [-0.2, 0) is 6.42 Å². The molecule has 0 saturated carbocycles. The van der Waals surface area contributed by atoms with Crippen molar-refractivity contribution in [1.82, 2.24) is 5.32 Å². The van der Waals surface area contributed by atoms with Crippen LogP contribution in [0.5, 0.6) is 5.75 Å². The van der Waals surface area contributed by atoms with Crippen molar-refractivity contribution in [2.45, 2.75) is 26.3 Å². The first-order valence-corrected chi connectivity index (χ1v) is 5.30. The van der Waals surface area contributed by atoms with Crippen LogP contribution < -0.4 is 10.1 Å². The summed E-state index contributed by atoms with van der Waals surface area (Å²) in [6, 6.07) is 6.93. The van der Waals surface area contributed by atoms with Gasteiger partial charge in [0.1, 0.15) is 5.75 Å². The Balaban J connectivity index is 2.19. The van der Waals surface area contributed by atoms with Crippen LogP contribution in [0, 0.1) is 0 Å². The molecule has 1 heterocycles. The molecule has 1 aromatic carbocycles. The van der Waals surface area contributed by atoms with Crippen molar-refractivity contribution in [2.24, 2.45) is 0 Å². The van der Waals surface area contributed by atoms with Gasteiger partial charge in [0.15, 0.2) is 0 Å². The summed E-state index contributed by atoms with van der Waals surface area (Å²) in [6.07, 6.45) is 1.06. The molecule has 0 radical (unpaired) electrons. The first kappa shape index (κ1) is 9.53. The number of hydrogen-bond donors (Lipinski definition) is 1. The fraction of sp³-hybridized carbons (Fsp3) is 0.500. The lowest BCUT2D eigenvalue weighted by Crippen LogP contribution is -2.17. The minimum Gasteiger partial charge on any atom is -0.493 e. The zero-order valence-corrected chi connectivity index (χ0v) is 8.84. The maximum absolute atomic E-state index is 5.47. The number of ether oxygens (including phenoxy) is 1. The summed E-state index contributed by atoms with van der Waals surface area (Å²) in [5.41, 5.74) is 2.71. The molecular weight excluding hydrogens is 174 g/mol. The zero-order chi connectivity index (χ0) is 9.97. The Labute approximate surface area is 85.3 Å². The topological polar surface area (TPSA) is 21.3 Å². The highest BCUT2D eigenvalue weighted by Crippen LogP contribution is 2.27. The standard InChI is InChI=1S/C12H17NO/c1-3-13-9(2)10-4-5-12-11(8-10)6-7-14-12/h4-5,8-9,13H,3,6-7H2,1-2H3. The SMILES string of the molecule is CCNC(C)c1ccc2c(c1)CCO2. The molecule has 1 aromatic rings. The van der Waals surface area contributed by atoms with E-state index in [4.69, 9.17) is 4.74 Å². The van der Waals surface area contributed by atoms with E-state index in [1.165, 1.54) is 11.1 Å². The summed E-state index contributed by atoms with van der Waals surface area (Å²) in [5, 5.41) is 3.41. The Morgan fingerprint density at radius 3 is 3.14 bits per heavy atom. The largest absolute Gasteiger partial charge is 0.493 e. The number of benzene rings is 1. The van der Waals surface area contributed by atoms with Crippen molar-refractivity contribution in [3.8, 4) is 5.75 Å². The maximum Gasteiger partial charge on any atom is 0.122 e. The van der Waals surface area contributed by atoms with Gasteiger partial charge in [-0.05, 0) is 30.7 Å². The van der Waals surface area contributed by atoms with Crippen molar-refractivity contribution in [3.63, 3.8) is 0 Å². The molecule has 76 valence electrons. The first-order chi connectivity index (χ1) is 6.81. The zero-order valence-electron chi connectivity index (χ0n) is 8.84. The van der Waals surface area contributed by atoms with Gasteiger partial charge in [0.05, 0.1) is 6.61 Å². The van der Waals surface area contributed by atoms with E-state index in [0.29, 0.717) is 6.04 Å². The Morgan fingerprint density at radius 2 is 2.36 bits per heavy atom. The number of fused-ring (bicyclic) bond motifs is 1. The van der Waals surface area contributed by atoms with E-state index in [9.17, 15) is 0 Å². The quantitative estimate of drug-likeness (QED) is 0.791. The van der Waals surface area contributed by atoms with Crippen LogP contribution in [0.4, 0.5) is 0 Å². The van der Waals surface area contributed by atoms with Crippen LogP contribution in [0.15, 0.2) is 18.2 Å². The number of nitrogens with one attached hydrogen (secondary N) is 1. The molecule has 1 aliphatic heterocycles. The third-order valence-electron chi connectivity index (χ3n) is 2.72. The third kappa shape index (κ3) is 1.75. The molecule has 0 bridgehead atoms. The summed E-state index contributed by atoms with van der Waals surface area (Å²) >= 11 is 0. The van der Waals surface area contributed by atoms with Crippen LogP contribution in [0.2, 0.25) is 0 Å². The molecule has 1 aliphatic rings. The Morgan fingerprint density at radius 1 is 1.50 bits per heavy atom. The molecule has 1 unspecified atom stereocenters. The second-order valence-corrected chi connectivity index (χ2v) is 3.74. The second-order valence-electron chi connectivity index (χ2n) is 3.74. The smallest absolute Gasteiger partial charge is 0.122 e. The molecule has 1 N–H and O–H groups in total. The molecular formula is C12H17NO. The lowest BCUT2D eigenvalue weighted by Gasteiger charge is -2.13. The normalized spacial score (nSPS) is 16.1. The number of hydrogen-bond acceptors (Lipinski definition) is 2. The van der Waals surface area contributed by atoms with Crippen LogP contribution in [0.25, 0.3) is 0 Å². The monoisotopic (exact) mass is 191 g/mol. The van der Waals surface area contributed by atoms with Gasteiger partial charge in [-0.25, -0.2) is 0 Å². The van der Waals surface area contributed by atoms with E-state index in [0.717, 1.165) is 25.3 Å². The van der Waals surface area contributed by atoms with Crippen molar-refractivity contribution < 1.29 is 4.74 Å². The predicted molar refractivity (Wildman–Crippen MR) is 57.7 cm³/mol. The molecule has 2 nitrogen and oxygen atoms in total. The minimum atomic E-state index is 0.436. The van der Waals surface area contributed by atoms with Gasteiger partial charge in [0, 0.05) is 12.5 Å². The van der Waals surface area contributed by atoms with Crippen molar-refractivity contribution in [2.75, 3.05) is 13.2 Å². The van der Waals surface area contributed by atoms with Gasteiger partial charge in [0.2, 0.25) is 0 Å². The Hall–Kier alpha value is -1.02. The van der Waals surface area contributed by atoms with Gasteiger partial charge < -0.3 is 10.1 Å². The fourth-order valence-corrected chi connectivity index (χ4v) is 1.90. The van der Waals surface area contributed by atoms with E-state index < -0.39 is 0 Å². The van der Waals surface area contributed by atoms with Gasteiger partial charge >= 0.3 is 0 Å². The Kier molecular flexibility index (Phi) is 2.73. The van der Waals surface area contributed by atoms with E-state index in [1.54, 1.807) is 0 Å². The number of rotatable bonds is 3. The van der Waals surface area contributed by atoms with E-state index in [2.05, 4.69) is 37.4 Å². The van der Waals surface area contributed by atoms with Crippen molar-refractivity contribution in [1.29, 1.82) is 0 Å². The van der Waals surface area contributed by atoms with E-state index in [-0.39, 0.29) is 0 Å². The summed E-state index contributed by atoms with van der Waals surface area (Å²) in [4.78, 5) is 0. The summed E-state index contributed by atoms with van der Waals surface area (Å²) in [5.74, 6) is 1.07. The molecule has 0 aromatic heterocycles. The second kappa shape index (κ2) is 4.01. The summed E-state index contributed by atoms with van der Waals surface area (Å²) in [6.45, 7) is 6.18. The third-order valence-corrected chi connectivity index (χ3v) is 2.72.